The molecule has 0 amide bonds. The van der Waals surface area contributed by atoms with Crippen LogP contribution in [-0.4, -0.2) is 22.2 Å². The molecule has 1 saturated heterocycles. The number of nitrogens with zero attached hydrogens (tertiary/aromatic N) is 1. The van der Waals surface area contributed by atoms with Crippen molar-refractivity contribution in [3.63, 3.8) is 0 Å². The van der Waals surface area contributed by atoms with E-state index in [1.54, 1.807) is 0 Å². The monoisotopic (exact) mass is 261 g/mol. The standard InChI is InChI=1S/C15H19NOS/c1-12-6-8-13(9-7-12)18(17)15-5-3-11-16-10-2-4-14(15)16/h6-9H,2-5,10-11H2,1H3. The highest BCUT2D eigenvalue weighted by molar-refractivity contribution is 7.89. The Labute approximate surface area is 111 Å². The third-order valence-corrected chi connectivity index (χ3v) is 5.42. The van der Waals surface area contributed by atoms with Gasteiger partial charge in [-0.15, -0.1) is 0 Å². The lowest BCUT2D eigenvalue weighted by atomic mass is 10.1. The Hall–Kier alpha value is -1.09. The first-order chi connectivity index (χ1) is 8.75. The molecule has 0 aliphatic carbocycles. The fraction of sp³-hybridized carbons (Fsp3) is 0.467. The third kappa shape index (κ3) is 2.12. The topological polar surface area (TPSA) is 20.3 Å². The van der Waals surface area contributed by atoms with Crippen LogP contribution in [0.25, 0.3) is 0 Å². The summed E-state index contributed by atoms with van der Waals surface area (Å²) in [7, 11) is -0.951. The van der Waals surface area contributed by atoms with Gasteiger partial charge >= 0.3 is 0 Å². The predicted molar refractivity (Wildman–Crippen MR) is 74.7 cm³/mol. The second-order valence-electron chi connectivity index (χ2n) is 5.15. The Morgan fingerprint density at radius 3 is 2.44 bits per heavy atom. The van der Waals surface area contributed by atoms with Gasteiger partial charge in [0.2, 0.25) is 0 Å². The fourth-order valence-electron chi connectivity index (χ4n) is 2.87. The van der Waals surface area contributed by atoms with Gasteiger partial charge in [-0.1, -0.05) is 17.7 Å². The van der Waals surface area contributed by atoms with Crippen molar-refractivity contribution in [1.82, 2.24) is 4.90 Å². The highest BCUT2D eigenvalue weighted by atomic mass is 32.2. The lowest BCUT2D eigenvalue weighted by Gasteiger charge is -2.27. The molecule has 3 rings (SSSR count). The van der Waals surface area contributed by atoms with Crippen molar-refractivity contribution in [2.24, 2.45) is 0 Å². The Kier molecular flexibility index (Phi) is 3.25. The molecule has 2 heterocycles. The van der Waals surface area contributed by atoms with Crippen molar-refractivity contribution in [3.05, 3.63) is 40.4 Å². The number of fused-ring (bicyclic) bond motifs is 1. The van der Waals surface area contributed by atoms with E-state index in [0.717, 1.165) is 37.2 Å². The second kappa shape index (κ2) is 4.88. The summed E-state index contributed by atoms with van der Waals surface area (Å²) in [4.78, 5) is 4.57. The Balaban J connectivity index is 1.94. The molecule has 0 bridgehead atoms. The normalized spacial score (nSPS) is 21.1. The fourth-order valence-corrected chi connectivity index (χ4v) is 4.31. The Morgan fingerprint density at radius 2 is 1.72 bits per heavy atom. The van der Waals surface area contributed by atoms with Crippen LogP contribution in [0.5, 0.6) is 0 Å². The number of benzene rings is 1. The lowest BCUT2D eigenvalue weighted by Crippen LogP contribution is -2.25. The summed E-state index contributed by atoms with van der Waals surface area (Å²) < 4.78 is 12.7. The minimum absolute atomic E-state index is 0.951. The van der Waals surface area contributed by atoms with Gasteiger partial charge in [-0.25, -0.2) is 4.21 Å². The molecule has 3 heteroatoms. The van der Waals surface area contributed by atoms with E-state index in [9.17, 15) is 4.21 Å². The van der Waals surface area contributed by atoms with Crippen LogP contribution in [0.4, 0.5) is 0 Å². The van der Waals surface area contributed by atoms with Crippen LogP contribution in [0.3, 0.4) is 0 Å². The summed E-state index contributed by atoms with van der Waals surface area (Å²) in [6, 6.07) is 8.11. The van der Waals surface area contributed by atoms with Crippen molar-refractivity contribution in [2.45, 2.75) is 37.5 Å². The molecule has 2 nitrogen and oxygen atoms in total. The summed E-state index contributed by atoms with van der Waals surface area (Å²) in [5, 5.41) is 0. The molecule has 2 aliphatic heterocycles. The number of hydrogen-bond donors (Lipinski definition) is 0. The van der Waals surface area contributed by atoms with E-state index in [1.165, 1.54) is 22.6 Å². The van der Waals surface area contributed by atoms with Crippen LogP contribution in [0.2, 0.25) is 0 Å². The smallest absolute Gasteiger partial charge is 0.0825 e. The molecular weight excluding hydrogens is 242 g/mol. The molecule has 0 aromatic heterocycles. The van der Waals surface area contributed by atoms with Gasteiger partial charge in [0, 0.05) is 28.6 Å². The zero-order chi connectivity index (χ0) is 12.5. The predicted octanol–water partition coefficient (Wildman–Crippen LogP) is 3.20. The quantitative estimate of drug-likeness (QED) is 0.815. The van der Waals surface area contributed by atoms with Gasteiger partial charge in [0.05, 0.1) is 10.8 Å². The van der Waals surface area contributed by atoms with E-state index < -0.39 is 10.8 Å². The van der Waals surface area contributed by atoms with Crippen molar-refractivity contribution in [2.75, 3.05) is 13.1 Å². The molecule has 1 atom stereocenters. The zero-order valence-electron chi connectivity index (χ0n) is 10.8. The number of rotatable bonds is 2. The van der Waals surface area contributed by atoms with E-state index in [0.29, 0.717) is 0 Å². The molecule has 1 fully saturated rings. The van der Waals surface area contributed by atoms with Gasteiger partial charge < -0.3 is 4.90 Å². The van der Waals surface area contributed by atoms with E-state index >= 15 is 0 Å². The molecule has 0 radical (unpaired) electrons. The average molecular weight is 261 g/mol. The lowest BCUT2D eigenvalue weighted by molar-refractivity contribution is 0.365. The van der Waals surface area contributed by atoms with Crippen LogP contribution in [0, 0.1) is 6.92 Å². The van der Waals surface area contributed by atoms with E-state index in [2.05, 4.69) is 11.8 Å². The van der Waals surface area contributed by atoms with Gasteiger partial charge in [-0.3, -0.25) is 0 Å². The maximum Gasteiger partial charge on any atom is 0.0825 e. The van der Waals surface area contributed by atoms with Crippen molar-refractivity contribution >= 4 is 10.8 Å². The average Bonchev–Trinajstić information content (AvgIpc) is 2.87. The van der Waals surface area contributed by atoms with Crippen molar-refractivity contribution in [1.29, 1.82) is 0 Å². The molecule has 0 spiro atoms. The Bertz CT molecular complexity index is 504. The van der Waals surface area contributed by atoms with E-state index in [-0.39, 0.29) is 0 Å². The number of allylic oxidation sites excluding steroid dienone is 2. The largest absolute Gasteiger partial charge is 0.374 e. The van der Waals surface area contributed by atoms with Crippen LogP contribution in [-0.2, 0) is 10.8 Å². The first-order valence-electron chi connectivity index (χ1n) is 6.71. The third-order valence-electron chi connectivity index (χ3n) is 3.84. The first-order valence-corrected chi connectivity index (χ1v) is 7.86. The summed E-state index contributed by atoms with van der Waals surface area (Å²) in [6.07, 6.45) is 4.50. The van der Waals surface area contributed by atoms with Crippen LogP contribution in [0.1, 0.15) is 31.2 Å². The van der Waals surface area contributed by atoms with Gasteiger partial charge in [0.1, 0.15) is 0 Å². The van der Waals surface area contributed by atoms with Gasteiger partial charge in [0.15, 0.2) is 0 Å². The molecule has 96 valence electrons. The summed E-state index contributed by atoms with van der Waals surface area (Å²) in [5.41, 5.74) is 2.60. The highest BCUT2D eigenvalue weighted by Crippen LogP contribution is 2.34. The maximum atomic E-state index is 12.7. The number of hydrogen-bond acceptors (Lipinski definition) is 2. The maximum absolute atomic E-state index is 12.7. The summed E-state index contributed by atoms with van der Waals surface area (Å²) in [6.45, 7) is 4.38. The molecule has 0 saturated carbocycles. The van der Waals surface area contributed by atoms with Crippen molar-refractivity contribution < 1.29 is 4.21 Å². The van der Waals surface area contributed by atoms with E-state index in [4.69, 9.17) is 0 Å². The molecule has 1 unspecified atom stereocenters. The van der Waals surface area contributed by atoms with Crippen molar-refractivity contribution in [3.8, 4) is 0 Å². The second-order valence-corrected chi connectivity index (χ2v) is 6.65. The zero-order valence-corrected chi connectivity index (χ0v) is 11.6. The first kappa shape index (κ1) is 12.0. The van der Waals surface area contributed by atoms with Crippen LogP contribution < -0.4 is 0 Å². The minimum atomic E-state index is -0.951. The molecule has 0 N–H and O–H groups in total. The molecule has 1 aromatic carbocycles. The molecule has 1 aromatic rings. The van der Waals surface area contributed by atoms with Crippen LogP contribution >= 0.6 is 0 Å². The van der Waals surface area contributed by atoms with Gasteiger partial charge in [-0.2, -0.15) is 0 Å². The van der Waals surface area contributed by atoms with Gasteiger partial charge in [-0.05, 0) is 44.7 Å². The van der Waals surface area contributed by atoms with Gasteiger partial charge in [0.25, 0.3) is 0 Å². The summed E-state index contributed by atoms with van der Waals surface area (Å²) in [5.74, 6) is 0. The number of aryl methyl sites for hydroxylation is 1. The van der Waals surface area contributed by atoms with Crippen LogP contribution in [0.15, 0.2) is 39.8 Å². The minimum Gasteiger partial charge on any atom is -0.374 e. The Morgan fingerprint density at radius 1 is 1.06 bits per heavy atom. The molecule has 18 heavy (non-hydrogen) atoms. The summed E-state index contributed by atoms with van der Waals surface area (Å²) >= 11 is 0. The molecular formula is C15H19NOS. The SMILES string of the molecule is Cc1ccc(S(=O)C2=C3CCCN3CCC2)cc1. The highest BCUT2D eigenvalue weighted by Gasteiger charge is 2.27. The van der Waals surface area contributed by atoms with E-state index in [1.807, 2.05) is 24.3 Å². The molecule has 2 aliphatic rings.